The maximum Gasteiger partial charge on any atom is 0.137 e. The van der Waals surface area contributed by atoms with E-state index in [0.29, 0.717) is 0 Å². The third-order valence-corrected chi connectivity index (χ3v) is 4.33. The van der Waals surface area contributed by atoms with Crippen molar-refractivity contribution in [2.45, 2.75) is 33.1 Å². The lowest BCUT2D eigenvalue weighted by molar-refractivity contribution is 0.488. The molecule has 3 heteroatoms. The molecule has 1 unspecified atom stereocenters. The number of pyridine rings is 1. The van der Waals surface area contributed by atoms with Gasteiger partial charge in [0.25, 0.3) is 0 Å². The van der Waals surface area contributed by atoms with Gasteiger partial charge in [0.1, 0.15) is 5.65 Å². The maximum atomic E-state index is 4.73. The van der Waals surface area contributed by atoms with Crippen LogP contribution in [-0.4, -0.2) is 9.38 Å². The van der Waals surface area contributed by atoms with Crippen LogP contribution in [0.3, 0.4) is 0 Å². The zero-order valence-electron chi connectivity index (χ0n) is 9.63. The average Bonchev–Trinajstić information content (AvgIpc) is 2.57. The number of aromatic nitrogens is 2. The first-order chi connectivity index (χ1) is 7.65. The number of imidazole rings is 1. The molecule has 0 amide bonds. The lowest BCUT2D eigenvalue weighted by Gasteiger charge is -2.17. The molecule has 1 aliphatic rings. The summed E-state index contributed by atoms with van der Waals surface area (Å²) in [4.78, 5) is 4.73. The number of fused-ring (bicyclic) bond motifs is 3. The molecule has 2 heterocycles. The molecule has 0 radical (unpaired) electrons. The topological polar surface area (TPSA) is 17.3 Å². The van der Waals surface area contributed by atoms with Crippen molar-refractivity contribution >= 4 is 21.6 Å². The van der Waals surface area contributed by atoms with E-state index < -0.39 is 0 Å². The number of nitrogens with zero attached hydrogens (tertiary/aromatic N) is 2. The van der Waals surface area contributed by atoms with E-state index in [4.69, 9.17) is 4.98 Å². The molecule has 0 aromatic carbocycles. The predicted octanol–water partition coefficient (Wildman–Crippen LogP) is 3.53. The summed E-state index contributed by atoms with van der Waals surface area (Å²) >= 11 is 3.60. The smallest absolute Gasteiger partial charge is 0.137 e. The summed E-state index contributed by atoms with van der Waals surface area (Å²) in [6.45, 7) is 4.44. The highest BCUT2D eigenvalue weighted by Crippen LogP contribution is 2.28. The minimum absolute atomic E-state index is 0.785. The van der Waals surface area contributed by atoms with Gasteiger partial charge in [0.05, 0.1) is 5.69 Å². The Morgan fingerprint density at radius 2 is 2.31 bits per heavy atom. The summed E-state index contributed by atoms with van der Waals surface area (Å²) in [6.07, 6.45) is 5.73. The van der Waals surface area contributed by atoms with Crippen LogP contribution in [0, 0.1) is 12.8 Å². The standard InChI is InChI=1S/C13H15BrN2/c1-8-3-4-11-12(5-8)16-7-10(14)9(2)6-13(16)15-11/h6-8H,3-5H2,1-2H3. The second-order valence-corrected chi connectivity index (χ2v) is 5.74. The minimum atomic E-state index is 0.785. The first-order valence-corrected chi connectivity index (χ1v) is 6.60. The fraction of sp³-hybridized carbons (Fsp3) is 0.462. The van der Waals surface area contributed by atoms with Crippen molar-refractivity contribution in [1.29, 1.82) is 0 Å². The van der Waals surface area contributed by atoms with Crippen LogP contribution < -0.4 is 0 Å². The van der Waals surface area contributed by atoms with Crippen LogP contribution in [0.25, 0.3) is 5.65 Å². The van der Waals surface area contributed by atoms with E-state index >= 15 is 0 Å². The Kier molecular flexibility index (Phi) is 2.32. The zero-order valence-corrected chi connectivity index (χ0v) is 11.2. The molecule has 2 aromatic rings. The zero-order chi connectivity index (χ0) is 11.3. The van der Waals surface area contributed by atoms with Gasteiger partial charge in [0.15, 0.2) is 0 Å². The van der Waals surface area contributed by atoms with E-state index in [0.717, 1.165) is 24.4 Å². The van der Waals surface area contributed by atoms with E-state index in [1.165, 1.54) is 27.8 Å². The van der Waals surface area contributed by atoms with Crippen LogP contribution in [-0.2, 0) is 12.8 Å². The highest BCUT2D eigenvalue weighted by molar-refractivity contribution is 9.10. The molecule has 0 fully saturated rings. The number of halogens is 1. The molecule has 1 atom stereocenters. The molecule has 0 spiro atoms. The van der Waals surface area contributed by atoms with Crippen molar-refractivity contribution in [2.75, 3.05) is 0 Å². The third-order valence-electron chi connectivity index (χ3n) is 3.50. The van der Waals surface area contributed by atoms with Gasteiger partial charge in [-0.15, -0.1) is 0 Å². The SMILES string of the molecule is Cc1cc2nc3c(n2cc1Br)CC(C)CC3. The van der Waals surface area contributed by atoms with Crippen LogP contribution in [0.5, 0.6) is 0 Å². The quantitative estimate of drug-likeness (QED) is 0.721. The molecule has 0 aliphatic heterocycles. The largest absolute Gasteiger partial charge is 0.303 e. The number of hydrogen-bond donors (Lipinski definition) is 0. The fourth-order valence-corrected chi connectivity index (χ4v) is 2.81. The Balaban J connectivity index is 2.27. The number of rotatable bonds is 0. The lowest BCUT2D eigenvalue weighted by atomic mass is 9.91. The van der Waals surface area contributed by atoms with Gasteiger partial charge in [-0.3, -0.25) is 0 Å². The monoisotopic (exact) mass is 278 g/mol. The van der Waals surface area contributed by atoms with Crippen molar-refractivity contribution in [3.63, 3.8) is 0 Å². The number of hydrogen-bond acceptors (Lipinski definition) is 1. The van der Waals surface area contributed by atoms with E-state index in [1.807, 2.05) is 0 Å². The second-order valence-electron chi connectivity index (χ2n) is 4.89. The molecular formula is C13H15BrN2. The van der Waals surface area contributed by atoms with Crippen LogP contribution in [0.15, 0.2) is 16.7 Å². The Morgan fingerprint density at radius 3 is 3.12 bits per heavy atom. The molecule has 0 N–H and O–H groups in total. The molecule has 1 aliphatic carbocycles. The van der Waals surface area contributed by atoms with E-state index in [2.05, 4.69) is 46.4 Å². The molecule has 0 bridgehead atoms. The van der Waals surface area contributed by atoms with Crippen LogP contribution in [0.1, 0.15) is 30.3 Å². The molecule has 2 nitrogen and oxygen atoms in total. The fourth-order valence-electron chi connectivity index (χ4n) is 2.49. The molecule has 0 saturated heterocycles. The summed E-state index contributed by atoms with van der Waals surface area (Å²) in [5.41, 5.74) is 5.06. The summed E-state index contributed by atoms with van der Waals surface area (Å²) in [5.74, 6) is 0.785. The highest BCUT2D eigenvalue weighted by Gasteiger charge is 2.20. The Bertz CT molecular complexity index is 557. The van der Waals surface area contributed by atoms with Gasteiger partial charge in [0.2, 0.25) is 0 Å². The molecule has 2 aromatic heterocycles. The first-order valence-electron chi connectivity index (χ1n) is 5.81. The predicted molar refractivity (Wildman–Crippen MR) is 68.8 cm³/mol. The summed E-state index contributed by atoms with van der Waals surface area (Å²) in [6, 6.07) is 2.16. The van der Waals surface area contributed by atoms with Crippen LogP contribution in [0.4, 0.5) is 0 Å². The van der Waals surface area contributed by atoms with Crippen molar-refractivity contribution in [2.24, 2.45) is 5.92 Å². The van der Waals surface area contributed by atoms with Gasteiger partial charge in [-0.25, -0.2) is 4.98 Å². The van der Waals surface area contributed by atoms with Gasteiger partial charge < -0.3 is 4.40 Å². The van der Waals surface area contributed by atoms with Crippen molar-refractivity contribution in [1.82, 2.24) is 9.38 Å². The van der Waals surface area contributed by atoms with Gasteiger partial charge in [-0.1, -0.05) is 6.92 Å². The van der Waals surface area contributed by atoms with Crippen LogP contribution in [0.2, 0.25) is 0 Å². The van der Waals surface area contributed by atoms with Gasteiger partial charge in [0, 0.05) is 16.4 Å². The summed E-state index contributed by atoms with van der Waals surface area (Å²) in [5, 5.41) is 0. The summed E-state index contributed by atoms with van der Waals surface area (Å²) in [7, 11) is 0. The Hall–Kier alpha value is -0.830. The van der Waals surface area contributed by atoms with Crippen LogP contribution >= 0.6 is 15.9 Å². The lowest BCUT2D eigenvalue weighted by Crippen LogP contribution is -2.12. The highest BCUT2D eigenvalue weighted by atomic mass is 79.9. The van der Waals surface area contributed by atoms with Gasteiger partial charge in [-0.2, -0.15) is 0 Å². The molecular weight excluding hydrogens is 264 g/mol. The van der Waals surface area contributed by atoms with Crippen molar-refractivity contribution < 1.29 is 0 Å². The van der Waals surface area contributed by atoms with E-state index in [9.17, 15) is 0 Å². The van der Waals surface area contributed by atoms with Gasteiger partial charge >= 0.3 is 0 Å². The normalized spacial score (nSPS) is 20.1. The summed E-state index contributed by atoms with van der Waals surface area (Å²) < 4.78 is 3.42. The Labute approximate surface area is 104 Å². The molecule has 16 heavy (non-hydrogen) atoms. The molecule has 3 rings (SSSR count). The van der Waals surface area contributed by atoms with E-state index in [1.54, 1.807) is 0 Å². The molecule has 84 valence electrons. The second kappa shape index (κ2) is 3.59. The van der Waals surface area contributed by atoms with E-state index in [-0.39, 0.29) is 0 Å². The Morgan fingerprint density at radius 1 is 1.50 bits per heavy atom. The minimum Gasteiger partial charge on any atom is -0.303 e. The average molecular weight is 279 g/mol. The van der Waals surface area contributed by atoms with Crippen molar-refractivity contribution in [3.05, 3.63) is 33.7 Å². The molecule has 0 saturated carbocycles. The maximum absolute atomic E-state index is 4.73. The number of aryl methyl sites for hydroxylation is 2. The first kappa shape index (κ1) is 10.3. The third kappa shape index (κ3) is 1.49. The van der Waals surface area contributed by atoms with Gasteiger partial charge in [-0.05, 0) is 59.7 Å². The van der Waals surface area contributed by atoms with Crippen molar-refractivity contribution in [3.8, 4) is 0 Å².